The number of piperidine rings is 1. The van der Waals surface area contributed by atoms with Gasteiger partial charge in [0.05, 0.1) is 17.4 Å². The number of hydrogen-bond acceptors (Lipinski definition) is 3. The van der Waals surface area contributed by atoms with Crippen molar-refractivity contribution in [2.45, 2.75) is 25.3 Å². The number of nitrogens with one attached hydrogen (secondary N) is 2. The van der Waals surface area contributed by atoms with Crippen LogP contribution in [0.4, 0.5) is 5.69 Å². The second kappa shape index (κ2) is 5.88. The molecule has 1 aromatic heterocycles. The first kappa shape index (κ1) is 12.9. The first-order chi connectivity index (χ1) is 9.84. The summed E-state index contributed by atoms with van der Waals surface area (Å²) in [5, 5.41) is 10.5. The summed E-state index contributed by atoms with van der Waals surface area (Å²) in [6.07, 6.45) is 6.74. The summed E-state index contributed by atoms with van der Waals surface area (Å²) in [6.45, 7) is 0.916. The summed E-state index contributed by atoms with van der Waals surface area (Å²) < 4.78 is 1.75. The molecule has 1 atom stereocenters. The van der Waals surface area contributed by atoms with Crippen molar-refractivity contribution in [2.75, 3.05) is 11.9 Å². The minimum atomic E-state index is -0.0885. The van der Waals surface area contributed by atoms with Gasteiger partial charge in [0.2, 0.25) is 5.91 Å². The molecule has 5 heteroatoms. The fourth-order valence-corrected chi connectivity index (χ4v) is 2.49. The average molecular weight is 270 g/mol. The van der Waals surface area contributed by atoms with Crippen LogP contribution >= 0.6 is 0 Å². The number of anilines is 1. The van der Waals surface area contributed by atoms with Crippen molar-refractivity contribution in [1.29, 1.82) is 0 Å². The largest absolute Gasteiger partial charge is 0.323 e. The summed E-state index contributed by atoms with van der Waals surface area (Å²) in [4.78, 5) is 12.3. The molecule has 20 heavy (non-hydrogen) atoms. The lowest BCUT2D eigenvalue weighted by Crippen LogP contribution is -2.43. The third-order valence-corrected chi connectivity index (χ3v) is 3.54. The highest BCUT2D eigenvalue weighted by Crippen LogP contribution is 2.20. The Balaban J connectivity index is 1.79. The van der Waals surface area contributed by atoms with E-state index in [0.717, 1.165) is 37.2 Å². The van der Waals surface area contributed by atoms with Gasteiger partial charge in [-0.3, -0.25) is 4.79 Å². The molecular weight excluding hydrogens is 252 g/mol. The molecule has 2 aromatic rings. The number of amides is 1. The smallest absolute Gasteiger partial charge is 0.241 e. The molecule has 1 unspecified atom stereocenters. The fourth-order valence-electron chi connectivity index (χ4n) is 2.49. The molecule has 0 bridgehead atoms. The van der Waals surface area contributed by atoms with Crippen LogP contribution in [-0.2, 0) is 4.79 Å². The third-order valence-electron chi connectivity index (χ3n) is 3.54. The van der Waals surface area contributed by atoms with Gasteiger partial charge in [0.15, 0.2) is 0 Å². The predicted molar refractivity (Wildman–Crippen MR) is 77.8 cm³/mol. The van der Waals surface area contributed by atoms with Gasteiger partial charge >= 0.3 is 0 Å². The maximum absolute atomic E-state index is 12.3. The molecule has 0 saturated carbocycles. The summed E-state index contributed by atoms with van der Waals surface area (Å²) >= 11 is 0. The number of rotatable bonds is 3. The quantitative estimate of drug-likeness (QED) is 0.896. The van der Waals surface area contributed by atoms with Gasteiger partial charge in [-0.05, 0) is 37.6 Å². The summed E-state index contributed by atoms with van der Waals surface area (Å²) in [5.74, 6) is 0.0318. The monoisotopic (exact) mass is 270 g/mol. The van der Waals surface area contributed by atoms with Crippen molar-refractivity contribution in [3.63, 3.8) is 0 Å². The highest BCUT2D eigenvalue weighted by Gasteiger charge is 2.21. The molecule has 2 N–H and O–H groups in total. The van der Waals surface area contributed by atoms with Crippen molar-refractivity contribution in [2.24, 2.45) is 0 Å². The molecule has 0 radical (unpaired) electrons. The van der Waals surface area contributed by atoms with Crippen LogP contribution in [0.25, 0.3) is 5.69 Å². The van der Waals surface area contributed by atoms with E-state index in [-0.39, 0.29) is 11.9 Å². The van der Waals surface area contributed by atoms with E-state index in [1.165, 1.54) is 0 Å². The minimum absolute atomic E-state index is 0.0318. The Morgan fingerprint density at radius 1 is 1.30 bits per heavy atom. The van der Waals surface area contributed by atoms with E-state index in [1.807, 2.05) is 36.5 Å². The van der Waals surface area contributed by atoms with E-state index < -0.39 is 0 Å². The Morgan fingerprint density at radius 3 is 2.95 bits per heavy atom. The highest BCUT2D eigenvalue weighted by atomic mass is 16.2. The summed E-state index contributed by atoms with van der Waals surface area (Å²) in [6, 6.07) is 9.47. The maximum atomic E-state index is 12.3. The molecule has 1 amide bonds. The van der Waals surface area contributed by atoms with Crippen LogP contribution in [0.1, 0.15) is 19.3 Å². The van der Waals surface area contributed by atoms with Gasteiger partial charge in [-0.1, -0.05) is 18.6 Å². The predicted octanol–water partition coefficient (Wildman–Crippen LogP) is 1.95. The van der Waals surface area contributed by atoms with E-state index >= 15 is 0 Å². The maximum Gasteiger partial charge on any atom is 0.241 e. The van der Waals surface area contributed by atoms with Gasteiger partial charge in [0, 0.05) is 12.4 Å². The van der Waals surface area contributed by atoms with Crippen LogP contribution in [0.2, 0.25) is 0 Å². The van der Waals surface area contributed by atoms with Gasteiger partial charge in [-0.15, -0.1) is 0 Å². The molecule has 0 aliphatic carbocycles. The standard InChI is InChI=1S/C15H18N4O/c20-15(13-7-3-4-9-16-13)18-12-6-1-2-8-14(12)19-11-5-10-17-19/h1-2,5-6,8,10-11,13,16H,3-4,7,9H2,(H,18,20). The number of aromatic nitrogens is 2. The van der Waals surface area contributed by atoms with Crippen molar-refractivity contribution < 1.29 is 4.79 Å². The van der Waals surface area contributed by atoms with E-state index in [9.17, 15) is 4.79 Å². The number of carbonyl (C=O) groups is 1. The zero-order valence-corrected chi connectivity index (χ0v) is 11.2. The number of para-hydroxylation sites is 2. The Bertz CT molecular complexity index is 573. The van der Waals surface area contributed by atoms with Gasteiger partial charge in [0.25, 0.3) is 0 Å². The van der Waals surface area contributed by atoms with Crippen LogP contribution in [0.5, 0.6) is 0 Å². The van der Waals surface area contributed by atoms with Crippen LogP contribution < -0.4 is 10.6 Å². The van der Waals surface area contributed by atoms with Crippen molar-refractivity contribution in [3.05, 3.63) is 42.7 Å². The van der Waals surface area contributed by atoms with E-state index in [2.05, 4.69) is 15.7 Å². The molecule has 104 valence electrons. The van der Waals surface area contributed by atoms with Crippen molar-refractivity contribution in [1.82, 2.24) is 15.1 Å². The number of benzene rings is 1. The van der Waals surface area contributed by atoms with Crippen LogP contribution in [0, 0.1) is 0 Å². The van der Waals surface area contributed by atoms with Gasteiger partial charge < -0.3 is 10.6 Å². The first-order valence-corrected chi connectivity index (χ1v) is 6.98. The lowest BCUT2D eigenvalue weighted by Gasteiger charge is -2.23. The van der Waals surface area contributed by atoms with Crippen LogP contribution in [0.3, 0.4) is 0 Å². The normalized spacial score (nSPS) is 18.7. The van der Waals surface area contributed by atoms with Gasteiger partial charge in [-0.2, -0.15) is 5.10 Å². The highest BCUT2D eigenvalue weighted by molar-refractivity contribution is 5.96. The Morgan fingerprint density at radius 2 is 2.20 bits per heavy atom. The zero-order valence-electron chi connectivity index (χ0n) is 11.2. The minimum Gasteiger partial charge on any atom is -0.323 e. The second-order valence-corrected chi connectivity index (χ2v) is 4.96. The van der Waals surface area contributed by atoms with Crippen molar-refractivity contribution >= 4 is 11.6 Å². The van der Waals surface area contributed by atoms with Gasteiger partial charge in [0.1, 0.15) is 0 Å². The van der Waals surface area contributed by atoms with Gasteiger partial charge in [-0.25, -0.2) is 4.68 Å². The third kappa shape index (κ3) is 2.72. The molecule has 1 aliphatic heterocycles. The SMILES string of the molecule is O=C(Nc1ccccc1-n1cccn1)C1CCCCN1. The van der Waals surface area contributed by atoms with Crippen LogP contribution in [0.15, 0.2) is 42.7 Å². The van der Waals surface area contributed by atoms with E-state index in [1.54, 1.807) is 10.9 Å². The number of carbonyl (C=O) groups excluding carboxylic acids is 1. The number of nitrogens with zero attached hydrogens (tertiary/aromatic N) is 2. The Labute approximate surface area is 118 Å². The number of hydrogen-bond donors (Lipinski definition) is 2. The lowest BCUT2D eigenvalue weighted by molar-refractivity contribution is -0.118. The van der Waals surface area contributed by atoms with E-state index in [0.29, 0.717) is 0 Å². The summed E-state index contributed by atoms with van der Waals surface area (Å²) in [5.41, 5.74) is 1.66. The Kier molecular flexibility index (Phi) is 3.78. The van der Waals surface area contributed by atoms with Crippen LogP contribution in [-0.4, -0.2) is 28.3 Å². The molecule has 5 nitrogen and oxygen atoms in total. The summed E-state index contributed by atoms with van der Waals surface area (Å²) in [7, 11) is 0. The van der Waals surface area contributed by atoms with Crippen molar-refractivity contribution in [3.8, 4) is 5.69 Å². The van der Waals surface area contributed by atoms with E-state index in [4.69, 9.17) is 0 Å². The molecule has 1 aromatic carbocycles. The molecule has 1 saturated heterocycles. The topological polar surface area (TPSA) is 59.0 Å². The molecular formula is C15H18N4O. The Hall–Kier alpha value is -2.14. The second-order valence-electron chi connectivity index (χ2n) is 4.96. The molecule has 0 spiro atoms. The molecule has 1 fully saturated rings. The fraction of sp³-hybridized carbons (Fsp3) is 0.333. The first-order valence-electron chi connectivity index (χ1n) is 6.98. The molecule has 1 aliphatic rings. The zero-order chi connectivity index (χ0) is 13.8. The molecule has 2 heterocycles. The lowest BCUT2D eigenvalue weighted by atomic mass is 10.0. The average Bonchev–Trinajstić information content (AvgIpc) is 3.03. The molecule has 3 rings (SSSR count).